The molecule has 0 aromatic rings. The van der Waals surface area contributed by atoms with Crippen LogP contribution >= 0.6 is 0 Å². The van der Waals surface area contributed by atoms with E-state index in [0.717, 1.165) is 7.11 Å². The summed E-state index contributed by atoms with van der Waals surface area (Å²) in [5, 5.41) is 52.1. The molecule has 0 aromatic heterocycles. The maximum absolute atomic E-state index is 9.02. The Balaban J connectivity index is 0. The van der Waals surface area contributed by atoms with E-state index in [1.807, 2.05) is 0 Å². The second kappa shape index (κ2) is 10.6. The molecule has 0 bridgehead atoms. The third-order valence-electron chi connectivity index (χ3n) is 2.63. The first-order chi connectivity index (χ1) is 8.51. The second-order valence-corrected chi connectivity index (χ2v) is 4.59. The molecule has 18 heavy (non-hydrogen) atoms. The van der Waals surface area contributed by atoms with E-state index >= 15 is 0 Å². The van der Waals surface area contributed by atoms with Gasteiger partial charge in [0.1, 0.15) is 0 Å². The largest absolute Gasteiger partial charge is 0.400 e. The van der Waals surface area contributed by atoms with Crippen LogP contribution in [-0.4, -0.2) is 84.0 Å². The number of hydrogen-bond donors (Lipinski definition) is 6. The molecular weight excluding hydrogens is 244 g/mol. The fourth-order valence-corrected chi connectivity index (χ4v) is 0.942. The van der Waals surface area contributed by atoms with Crippen LogP contribution in [0.4, 0.5) is 0 Å². The third-order valence-corrected chi connectivity index (χ3v) is 2.63. The summed E-state index contributed by atoms with van der Waals surface area (Å²) in [6, 6.07) is 0. The van der Waals surface area contributed by atoms with Gasteiger partial charge in [0, 0.05) is 12.5 Å². The molecule has 0 fully saturated rings. The Morgan fingerprint density at radius 3 is 1.39 bits per heavy atom. The fraction of sp³-hybridized carbons (Fsp3) is 1.00. The quantitative estimate of drug-likeness (QED) is 0.274. The van der Waals surface area contributed by atoms with E-state index in [9.17, 15) is 0 Å². The van der Waals surface area contributed by atoms with Crippen LogP contribution in [0.2, 0.25) is 0 Å². The Morgan fingerprint density at radius 1 is 0.722 bits per heavy atom. The van der Waals surface area contributed by atoms with Crippen molar-refractivity contribution in [3.8, 4) is 0 Å². The van der Waals surface area contributed by atoms with Gasteiger partial charge in [-0.3, -0.25) is 0 Å². The topological polar surface area (TPSA) is 131 Å². The van der Waals surface area contributed by atoms with Crippen molar-refractivity contribution in [2.24, 2.45) is 10.8 Å². The van der Waals surface area contributed by atoms with Gasteiger partial charge in [-0.2, -0.15) is 0 Å². The highest BCUT2D eigenvalue weighted by Crippen LogP contribution is 2.19. The number of rotatable bonds is 9. The smallest absolute Gasteiger partial charge is 0.0629 e. The van der Waals surface area contributed by atoms with Crippen molar-refractivity contribution in [3.63, 3.8) is 0 Å². The summed E-state index contributed by atoms with van der Waals surface area (Å²) in [6.45, 7) is 0.0556. The normalized spacial score (nSPS) is 12.0. The zero-order valence-corrected chi connectivity index (χ0v) is 11.0. The molecule has 0 radical (unpaired) electrons. The van der Waals surface area contributed by atoms with Gasteiger partial charge in [0.15, 0.2) is 0 Å². The van der Waals surface area contributed by atoms with Crippen LogP contribution in [0.3, 0.4) is 0 Å². The summed E-state index contributed by atoms with van der Waals surface area (Å²) in [6.07, 6.45) is 0. The molecule has 7 nitrogen and oxygen atoms in total. The standard InChI is InChI=1S/C10H22O6.CH4O/c1-9(2-11,3-12)7-16-8-10(4-13,5-14)6-15;1-2/h11-15H,2-8H2,1H3;2H,1H3. The van der Waals surface area contributed by atoms with Crippen LogP contribution in [0, 0.1) is 10.8 Å². The Morgan fingerprint density at radius 2 is 1.11 bits per heavy atom. The van der Waals surface area contributed by atoms with Gasteiger partial charge in [0.05, 0.1) is 51.7 Å². The SMILES string of the molecule is CC(CO)(CO)COCC(CO)(CO)CO.CO. The van der Waals surface area contributed by atoms with Gasteiger partial charge in [-0.1, -0.05) is 6.92 Å². The number of aliphatic hydroxyl groups excluding tert-OH is 6. The lowest BCUT2D eigenvalue weighted by atomic mass is 9.91. The van der Waals surface area contributed by atoms with Gasteiger partial charge in [-0.05, 0) is 0 Å². The molecule has 0 heterocycles. The molecule has 0 saturated carbocycles. The number of hydrogen-bond acceptors (Lipinski definition) is 7. The van der Waals surface area contributed by atoms with Crippen LogP contribution in [0.25, 0.3) is 0 Å². The van der Waals surface area contributed by atoms with E-state index in [-0.39, 0.29) is 26.4 Å². The molecule has 0 amide bonds. The van der Waals surface area contributed by atoms with Crippen LogP contribution < -0.4 is 0 Å². The Hall–Kier alpha value is -0.280. The Bertz CT molecular complexity index is 170. The average molecular weight is 270 g/mol. The molecule has 0 aromatic carbocycles. The predicted molar refractivity (Wildman–Crippen MR) is 64.9 cm³/mol. The molecule has 0 spiro atoms. The first-order valence-corrected chi connectivity index (χ1v) is 5.58. The maximum atomic E-state index is 9.02. The lowest BCUT2D eigenvalue weighted by Gasteiger charge is -2.30. The van der Waals surface area contributed by atoms with E-state index in [2.05, 4.69) is 0 Å². The van der Waals surface area contributed by atoms with Crippen molar-refractivity contribution in [3.05, 3.63) is 0 Å². The highest BCUT2D eigenvalue weighted by molar-refractivity contribution is 4.78. The summed E-state index contributed by atoms with van der Waals surface area (Å²) < 4.78 is 5.22. The molecule has 0 aliphatic heterocycles. The molecule has 0 atom stereocenters. The Kier molecular flexibility index (Phi) is 11.8. The zero-order valence-electron chi connectivity index (χ0n) is 11.0. The molecule has 0 aliphatic carbocycles. The molecule has 0 saturated heterocycles. The average Bonchev–Trinajstić information content (AvgIpc) is 2.46. The molecule has 0 rings (SSSR count). The maximum Gasteiger partial charge on any atom is 0.0629 e. The van der Waals surface area contributed by atoms with Crippen molar-refractivity contribution < 1.29 is 35.4 Å². The van der Waals surface area contributed by atoms with Gasteiger partial charge in [-0.25, -0.2) is 0 Å². The number of aliphatic hydroxyl groups is 6. The third kappa shape index (κ3) is 6.60. The summed E-state index contributed by atoms with van der Waals surface area (Å²) >= 11 is 0. The summed E-state index contributed by atoms with van der Waals surface area (Å²) in [4.78, 5) is 0. The molecular formula is C11H26O7. The van der Waals surface area contributed by atoms with Crippen molar-refractivity contribution in [1.82, 2.24) is 0 Å². The minimum absolute atomic E-state index is 0.0356. The van der Waals surface area contributed by atoms with Crippen LogP contribution in [-0.2, 0) is 4.74 Å². The lowest BCUT2D eigenvalue weighted by Crippen LogP contribution is -2.41. The minimum Gasteiger partial charge on any atom is -0.400 e. The van der Waals surface area contributed by atoms with E-state index in [0.29, 0.717) is 0 Å². The summed E-state index contributed by atoms with van der Waals surface area (Å²) in [5.41, 5.74) is -1.84. The summed E-state index contributed by atoms with van der Waals surface area (Å²) in [5.74, 6) is 0. The Labute approximate surface area is 107 Å². The molecule has 0 aliphatic rings. The van der Waals surface area contributed by atoms with Gasteiger partial charge < -0.3 is 35.4 Å². The highest BCUT2D eigenvalue weighted by Gasteiger charge is 2.30. The second-order valence-electron chi connectivity index (χ2n) is 4.59. The first kappa shape index (κ1) is 20.0. The monoisotopic (exact) mass is 270 g/mol. The lowest BCUT2D eigenvalue weighted by molar-refractivity contribution is -0.0871. The van der Waals surface area contributed by atoms with Crippen LogP contribution in [0.5, 0.6) is 0 Å². The summed E-state index contributed by atoms with van der Waals surface area (Å²) in [7, 11) is 1.00. The molecule has 112 valence electrons. The van der Waals surface area contributed by atoms with Gasteiger partial charge in [0.2, 0.25) is 0 Å². The van der Waals surface area contributed by atoms with E-state index in [1.54, 1.807) is 6.92 Å². The first-order valence-electron chi connectivity index (χ1n) is 5.58. The molecule has 7 heteroatoms. The zero-order chi connectivity index (χ0) is 14.7. The van der Waals surface area contributed by atoms with E-state index in [1.165, 1.54) is 0 Å². The molecule has 6 N–H and O–H groups in total. The van der Waals surface area contributed by atoms with E-state index in [4.69, 9.17) is 35.4 Å². The fourth-order valence-electron chi connectivity index (χ4n) is 0.942. The van der Waals surface area contributed by atoms with Crippen molar-refractivity contribution in [2.45, 2.75) is 6.92 Å². The predicted octanol–water partition coefficient (Wildman–Crippen LogP) is -2.43. The van der Waals surface area contributed by atoms with Gasteiger partial charge >= 0.3 is 0 Å². The van der Waals surface area contributed by atoms with Crippen LogP contribution in [0.1, 0.15) is 6.92 Å². The van der Waals surface area contributed by atoms with E-state index < -0.39 is 30.7 Å². The highest BCUT2D eigenvalue weighted by atomic mass is 16.5. The van der Waals surface area contributed by atoms with Gasteiger partial charge in [-0.15, -0.1) is 0 Å². The van der Waals surface area contributed by atoms with Crippen molar-refractivity contribution >= 4 is 0 Å². The van der Waals surface area contributed by atoms with Crippen LogP contribution in [0.15, 0.2) is 0 Å². The number of ether oxygens (including phenoxy) is 1. The molecule has 0 unspecified atom stereocenters. The van der Waals surface area contributed by atoms with Crippen molar-refractivity contribution in [2.75, 3.05) is 53.4 Å². The minimum atomic E-state index is -1.08. The van der Waals surface area contributed by atoms with Gasteiger partial charge in [0.25, 0.3) is 0 Å². The van der Waals surface area contributed by atoms with Crippen molar-refractivity contribution in [1.29, 1.82) is 0 Å².